The SMILES string of the molecule is COc1ccc(S(=O)(=O)N(C)C)cc1CCC(=O)Nc1cc(Cl)ccc1C. The number of carbonyl (C=O) groups excluding carboxylic acids is 1. The molecule has 1 N–H and O–H groups in total. The van der Waals surface area contributed by atoms with Crippen molar-refractivity contribution in [3.05, 3.63) is 52.5 Å². The molecule has 0 radical (unpaired) electrons. The molecule has 0 spiro atoms. The number of aryl methyl sites for hydroxylation is 2. The fourth-order valence-corrected chi connectivity index (χ4v) is 3.64. The van der Waals surface area contributed by atoms with E-state index in [0.717, 1.165) is 9.87 Å². The molecular weight excluding hydrogens is 388 g/mol. The first-order valence-electron chi connectivity index (χ1n) is 8.30. The molecule has 0 heterocycles. The smallest absolute Gasteiger partial charge is 0.242 e. The number of nitrogens with zero attached hydrogens (tertiary/aromatic N) is 1. The number of ether oxygens (including phenoxy) is 1. The first-order valence-corrected chi connectivity index (χ1v) is 10.1. The number of benzene rings is 2. The molecule has 2 rings (SSSR count). The Balaban J connectivity index is 2.16. The van der Waals surface area contributed by atoms with Crippen molar-refractivity contribution in [3.63, 3.8) is 0 Å². The lowest BCUT2D eigenvalue weighted by atomic mass is 10.1. The predicted octanol–water partition coefficient (Wildman–Crippen LogP) is 3.48. The highest BCUT2D eigenvalue weighted by atomic mass is 35.5. The summed E-state index contributed by atoms with van der Waals surface area (Å²) in [5.74, 6) is 0.350. The maximum absolute atomic E-state index is 12.3. The highest BCUT2D eigenvalue weighted by Crippen LogP contribution is 2.25. The monoisotopic (exact) mass is 410 g/mol. The number of rotatable bonds is 7. The van der Waals surface area contributed by atoms with Crippen LogP contribution in [0.25, 0.3) is 0 Å². The van der Waals surface area contributed by atoms with E-state index in [4.69, 9.17) is 16.3 Å². The van der Waals surface area contributed by atoms with E-state index >= 15 is 0 Å². The second kappa shape index (κ2) is 8.73. The summed E-state index contributed by atoms with van der Waals surface area (Å²) in [7, 11) is 0.893. The normalized spacial score (nSPS) is 11.5. The van der Waals surface area contributed by atoms with Gasteiger partial charge in [-0.2, -0.15) is 0 Å². The van der Waals surface area contributed by atoms with Crippen LogP contribution in [0.2, 0.25) is 5.02 Å². The second-order valence-corrected chi connectivity index (χ2v) is 8.86. The van der Waals surface area contributed by atoms with Gasteiger partial charge in [0.15, 0.2) is 0 Å². The van der Waals surface area contributed by atoms with Crippen molar-refractivity contribution in [2.45, 2.75) is 24.7 Å². The molecule has 2 aromatic rings. The summed E-state index contributed by atoms with van der Waals surface area (Å²) in [6.45, 7) is 1.88. The number of carbonyl (C=O) groups is 1. The Morgan fingerprint density at radius 1 is 1.19 bits per heavy atom. The van der Waals surface area contributed by atoms with Crippen LogP contribution in [0.4, 0.5) is 5.69 Å². The molecule has 8 heteroatoms. The van der Waals surface area contributed by atoms with Crippen LogP contribution < -0.4 is 10.1 Å². The highest BCUT2D eigenvalue weighted by Gasteiger charge is 2.19. The van der Waals surface area contributed by atoms with E-state index in [9.17, 15) is 13.2 Å². The topological polar surface area (TPSA) is 75.7 Å². The van der Waals surface area contributed by atoms with Crippen molar-refractivity contribution in [3.8, 4) is 5.75 Å². The zero-order chi connectivity index (χ0) is 20.2. The Hall–Kier alpha value is -2.09. The number of halogens is 1. The summed E-state index contributed by atoms with van der Waals surface area (Å²) in [6, 6.07) is 9.92. The minimum absolute atomic E-state index is 0.161. The average Bonchev–Trinajstić information content (AvgIpc) is 2.62. The van der Waals surface area contributed by atoms with Gasteiger partial charge >= 0.3 is 0 Å². The van der Waals surface area contributed by atoms with Crippen molar-refractivity contribution in [1.29, 1.82) is 0 Å². The number of nitrogens with one attached hydrogen (secondary N) is 1. The predicted molar refractivity (Wildman–Crippen MR) is 107 cm³/mol. The molecule has 0 bridgehead atoms. The fraction of sp³-hybridized carbons (Fsp3) is 0.316. The molecule has 2 aromatic carbocycles. The Kier molecular flexibility index (Phi) is 6.86. The lowest BCUT2D eigenvalue weighted by Crippen LogP contribution is -2.22. The largest absolute Gasteiger partial charge is 0.496 e. The first kappa shape index (κ1) is 21.2. The summed E-state index contributed by atoms with van der Waals surface area (Å²) in [6.07, 6.45) is 0.513. The molecule has 0 fully saturated rings. The van der Waals surface area contributed by atoms with Gasteiger partial charge in [-0.05, 0) is 54.8 Å². The van der Waals surface area contributed by atoms with Gasteiger partial charge in [-0.1, -0.05) is 17.7 Å². The zero-order valence-corrected chi connectivity index (χ0v) is 17.3. The Bertz CT molecular complexity index is 943. The van der Waals surface area contributed by atoms with Crippen molar-refractivity contribution in [2.24, 2.45) is 0 Å². The van der Waals surface area contributed by atoms with Crippen molar-refractivity contribution >= 4 is 33.2 Å². The van der Waals surface area contributed by atoms with Crippen LogP contribution in [0.3, 0.4) is 0 Å². The molecule has 0 atom stereocenters. The van der Waals surface area contributed by atoms with Crippen LogP contribution in [0.1, 0.15) is 17.5 Å². The van der Waals surface area contributed by atoms with Gasteiger partial charge in [0, 0.05) is 31.2 Å². The van der Waals surface area contributed by atoms with Gasteiger partial charge in [-0.3, -0.25) is 4.79 Å². The van der Waals surface area contributed by atoms with Gasteiger partial charge in [0.05, 0.1) is 12.0 Å². The summed E-state index contributed by atoms with van der Waals surface area (Å²) >= 11 is 5.97. The second-order valence-electron chi connectivity index (χ2n) is 6.27. The van der Waals surface area contributed by atoms with E-state index in [1.165, 1.54) is 27.3 Å². The zero-order valence-electron chi connectivity index (χ0n) is 15.7. The van der Waals surface area contributed by atoms with Gasteiger partial charge in [0.1, 0.15) is 5.75 Å². The molecule has 146 valence electrons. The van der Waals surface area contributed by atoms with Gasteiger partial charge in [-0.25, -0.2) is 12.7 Å². The van der Waals surface area contributed by atoms with Crippen LogP contribution in [0.5, 0.6) is 5.75 Å². The van der Waals surface area contributed by atoms with E-state index in [2.05, 4.69) is 5.32 Å². The summed E-state index contributed by atoms with van der Waals surface area (Å²) < 4.78 is 31.1. The molecule has 0 aliphatic heterocycles. The fourth-order valence-electron chi connectivity index (χ4n) is 2.51. The summed E-state index contributed by atoms with van der Waals surface area (Å²) in [5, 5.41) is 3.37. The van der Waals surface area contributed by atoms with Crippen LogP contribution in [-0.2, 0) is 21.2 Å². The van der Waals surface area contributed by atoms with Crippen molar-refractivity contribution < 1.29 is 17.9 Å². The number of anilines is 1. The summed E-state index contributed by atoms with van der Waals surface area (Å²) in [4.78, 5) is 12.5. The number of hydrogen-bond acceptors (Lipinski definition) is 4. The van der Waals surface area contributed by atoms with Crippen molar-refractivity contribution in [2.75, 3.05) is 26.5 Å². The van der Waals surface area contributed by atoms with E-state index in [0.29, 0.717) is 28.4 Å². The molecule has 0 aliphatic carbocycles. The van der Waals surface area contributed by atoms with Crippen molar-refractivity contribution in [1.82, 2.24) is 4.31 Å². The van der Waals surface area contributed by atoms with E-state index < -0.39 is 10.0 Å². The first-order chi connectivity index (χ1) is 12.6. The number of hydrogen-bond donors (Lipinski definition) is 1. The third-order valence-corrected chi connectivity index (χ3v) is 6.17. The molecule has 0 aromatic heterocycles. The standard InChI is InChI=1S/C19H23ClN2O4S/c1-13-5-7-15(20)12-17(13)21-19(23)10-6-14-11-16(8-9-18(14)26-4)27(24,25)22(2)3/h5,7-9,11-12H,6,10H2,1-4H3,(H,21,23). The van der Waals surface area contributed by atoms with Gasteiger partial charge < -0.3 is 10.1 Å². The molecule has 0 unspecified atom stereocenters. The molecule has 0 aliphatic rings. The molecular formula is C19H23ClN2O4S. The Morgan fingerprint density at radius 3 is 2.52 bits per heavy atom. The van der Waals surface area contributed by atoms with Gasteiger partial charge in [0.25, 0.3) is 0 Å². The minimum Gasteiger partial charge on any atom is -0.496 e. The van der Waals surface area contributed by atoms with Gasteiger partial charge in [-0.15, -0.1) is 0 Å². The number of sulfonamides is 1. The third-order valence-electron chi connectivity index (χ3n) is 4.13. The Morgan fingerprint density at radius 2 is 1.89 bits per heavy atom. The number of methoxy groups -OCH3 is 1. The van der Waals surface area contributed by atoms with Gasteiger partial charge in [0.2, 0.25) is 15.9 Å². The van der Waals surface area contributed by atoms with E-state index in [1.807, 2.05) is 13.0 Å². The van der Waals surface area contributed by atoms with E-state index in [1.54, 1.807) is 24.3 Å². The third kappa shape index (κ3) is 5.22. The average molecular weight is 411 g/mol. The van der Waals surface area contributed by atoms with Crippen LogP contribution in [0, 0.1) is 6.92 Å². The maximum Gasteiger partial charge on any atom is 0.242 e. The van der Waals surface area contributed by atoms with Crippen LogP contribution >= 0.6 is 11.6 Å². The lowest BCUT2D eigenvalue weighted by molar-refractivity contribution is -0.116. The quantitative estimate of drug-likeness (QED) is 0.758. The molecule has 1 amide bonds. The molecule has 0 saturated carbocycles. The lowest BCUT2D eigenvalue weighted by Gasteiger charge is -2.15. The highest BCUT2D eigenvalue weighted by molar-refractivity contribution is 7.89. The number of amides is 1. The van der Waals surface area contributed by atoms with E-state index in [-0.39, 0.29) is 17.2 Å². The minimum atomic E-state index is -3.56. The summed E-state index contributed by atoms with van der Waals surface area (Å²) in [5.41, 5.74) is 2.21. The maximum atomic E-state index is 12.3. The van der Waals surface area contributed by atoms with Crippen LogP contribution in [-0.4, -0.2) is 39.8 Å². The molecule has 6 nitrogen and oxygen atoms in total. The van der Waals surface area contributed by atoms with Crippen LogP contribution in [0.15, 0.2) is 41.3 Å². The Labute approximate surface area is 165 Å². The molecule has 27 heavy (non-hydrogen) atoms. The molecule has 0 saturated heterocycles.